The second-order valence-corrected chi connectivity index (χ2v) is 12.3. The number of hydrogen-bond donors (Lipinski definition) is 3. The van der Waals surface area contributed by atoms with Crippen molar-refractivity contribution in [2.75, 3.05) is 6.54 Å². The quantitative estimate of drug-likeness (QED) is 0.364. The van der Waals surface area contributed by atoms with Crippen LogP contribution >= 0.6 is 23.2 Å². The van der Waals surface area contributed by atoms with E-state index >= 15 is 0 Å². The van der Waals surface area contributed by atoms with E-state index in [4.69, 9.17) is 27.9 Å². The first-order valence-corrected chi connectivity index (χ1v) is 14.5. The Balaban J connectivity index is 1.32. The number of halogens is 2. The predicted molar refractivity (Wildman–Crippen MR) is 159 cm³/mol. The zero-order valence-electron chi connectivity index (χ0n) is 23.5. The number of aliphatic hydroxyl groups is 1. The molecule has 0 spiro atoms. The molecular formula is C31H32Cl2N4O5. The van der Waals surface area contributed by atoms with Crippen molar-refractivity contribution in [2.45, 2.75) is 63.9 Å². The summed E-state index contributed by atoms with van der Waals surface area (Å²) in [6, 6.07) is 12.8. The van der Waals surface area contributed by atoms with Gasteiger partial charge in [0.25, 0.3) is 5.91 Å². The lowest BCUT2D eigenvalue weighted by atomic mass is 9.90. The molecule has 2 aromatic carbocycles. The number of amides is 3. The fourth-order valence-electron chi connectivity index (χ4n) is 5.51. The van der Waals surface area contributed by atoms with Crippen molar-refractivity contribution in [3.8, 4) is 11.3 Å². The lowest BCUT2D eigenvalue weighted by Gasteiger charge is -2.32. The molecule has 220 valence electrons. The Kier molecular flexibility index (Phi) is 8.20. The molecule has 1 fully saturated rings. The largest absolute Gasteiger partial charge is 0.444 e. The molecule has 0 bridgehead atoms. The summed E-state index contributed by atoms with van der Waals surface area (Å²) in [6.07, 6.45) is 2.09. The highest BCUT2D eigenvalue weighted by molar-refractivity contribution is 6.31. The maximum absolute atomic E-state index is 14.1. The van der Waals surface area contributed by atoms with Gasteiger partial charge in [0, 0.05) is 52.6 Å². The van der Waals surface area contributed by atoms with Gasteiger partial charge in [-0.2, -0.15) is 0 Å². The first kappa shape index (κ1) is 29.8. The van der Waals surface area contributed by atoms with Crippen LogP contribution < -0.4 is 10.6 Å². The minimum atomic E-state index is -2.03. The van der Waals surface area contributed by atoms with E-state index in [9.17, 15) is 19.5 Å². The fraction of sp³-hybridized carbons (Fsp3) is 0.355. The molecule has 0 radical (unpaired) electrons. The van der Waals surface area contributed by atoms with Gasteiger partial charge in [-0.15, -0.1) is 0 Å². The third kappa shape index (κ3) is 5.82. The van der Waals surface area contributed by atoms with Crippen LogP contribution in [0.3, 0.4) is 0 Å². The Morgan fingerprint density at radius 3 is 2.50 bits per heavy atom. The molecular weight excluding hydrogens is 579 g/mol. The standard InChI is InChI=1S/C31H32Cl2N4O5/c1-30(2,3)42-29(40)36-16-18-8-9-20(32)14-19(18)17-35-27(38)25-7-5-13-37(25)28(39)31(41)23-6-4-12-34-26(23)22-11-10-21(33)15-24(22)31/h4,6,8-12,14-15,25,41H,5,7,13,16-17H2,1-3H3,(H,35,38)(H,36,40)/t25-,31?/m0/s1. The van der Waals surface area contributed by atoms with Gasteiger partial charge in [-0.05, 0) is 75.1 Å². The normalized spacial score (nSPS) is 19.2. The zero-order valence-corrected chi connectivity index (χ0v) is 25.1. The molecule has 1 aromatic heterocycles. The monoisotopic (exact) mass is 610 g/mol. The minimum absolute atomic E-state index is 0.124. The number of carbonyl (C=O) groups is 3. The van der Waals surface area contributed by atoms with Crippen molar-refractivity contribution in [3.05, 3.63) is 87.0 Å². The molecule has 1 saturated heterocycles. The van der Waals surface area contributed by atoms with Gasteiger partial charge in [0.05, 0.1) is 5.69 Å². The summed E-state index contributed by atoms with van der Waals surface area (Å²) in [5.41, 5.74) is 0.640. The van der Waals surface area contributed by atoms with Crippen LogP contribution in [0, 0.1) is 0 Å². The summed E-state index contributed by atoms with van der Waals surface area (Å²) in [4.78, 5) is 45.6. The van der Waals surface area contributed by atoms with Crippen molar-refractivity contribution in [1.29, 1.82) is 0 Å². The number of benzene rings is 2. The van der Waals surface area contributed by atoms with Gasteiger partial charge >= 0.3 is 6.09 Å². The molecule has 3 N–H and O–H groups in total. The molecule has 11 heteroatoms. The number of ether oxygens (including phenoxy) is 1. The lowest BCUT2D eigenvalue weighted by molar-refractivity contribution is -0.151. The van der Waals surface area contributed by atoms with Crippen molar-refractivity contribution in [2.24, 2.45) is 0 Å². The van der Waals surface area contributed by atoms with Gasteiger partial charge in [0.2, 0.25) is 5.91 Å². The fourth-order valence-corrected chi connectivity index (χ4v) is 5.88. The summed E-state index contributed by atoms with van der Waals surface area (Å²) < 4.78 is 5.31. The Labute approximate surface area is 254 Å². The molecule has 2 aliphatic rings. The Morgan fingerprint density at radius 2 is 1.74 bits per heavy atom. The molecule has 0 saturated carbocycles. The number of nitrogens with one attached hydrogen (secondary N) is 2. The van der Waals surface area contributed by atoms with Crippen molar-refractivity contribution in [1.82, 2.24) is 20.5 Å². The molecule has 3 amide bonds. The summed E-state index contributed by atoms with van der Waals surface area (Å²) in [5, 5.41) is 18.5. The molecule has 3 aromatic rings. The van der Waals surface area contributed by atoms with Gasteiger partial charge in [0.15, 0.2) is 5.60 Å². The van der Waals surface area contributed by atoms with Crippen LogP contribution in [0.5, 0.6) is 0 Å². The average molecular weight is 612 g/mol. The van der Waals surface area contributed by atoms with Crippen LogP contribution in [0.25, 0.3) is 11.3 Å². The predicted octanol–water partition coefficient (Wildman–Crippen LogP) is 4.94. The van der Waals surface area contributed by atoms with E-state index in [1.807, 2.05) is 0 Å². The van der Waals surface area contributed by atoms with E-state index in [0.717, 1.165) is 5.56 Å². The molecule has 1 aliphatic carbocycles. The van der Waals surface area contributed by atoms with Crippen LogP contribution in [0.4, 0.5) is 4.79 Å². The lowest BCUT2D eigenvalue weighted by Crippen LogP contribution is -2.52. The highest BCUT2D eigenvalue weighted by Gasteiger charge is 2.53. The molecule has 2 atom stereocenters. The zero-order chi connectivity index (χ0) is 30.2. The Bertz CT molecular complexity index is 1560. The number of alkyl carbamates (subject to hydrolysis) is 1. The Hall–Kier alpha value is -3.66. The first-order chi connectivity index (χ1) is 19.9. The topological polar surface area (TPSA) is 121 Å². The van der Waals surface area contributed by atoms with E-state index in [1.54, 1.807) is 75.5 Å². The highest BCUT2D eigenvalue weighted by Crippen LogP contribution is 2.48. The molecule has 9 nitrogen and oxygen atoms in total. The molecule has 1 aliphatic heterocycles. The molecule has 1 unspecified atom stereocenters. The second-order valence-electron chi connectivity index (χ2n) is 11.4. The van der Waals surface area contributed by atoms with Gasteiger partial charge < -0.3 is 25.4 Å². The van der Waals surface area contributed by atoms with Crippen molar-refractivity contribution < 1.29 is 24.2 Å². The van der Waals surface area contributed by atoms with Gasteiger partial charge in [-0.3, -0.25) is 14.6 Å². The van der Waals surface area contributed by atoms with Crippen molar-refractivity contribution >= 4 is 41.1 Å². The van der Waals surface area contributed by atoms with E-state index < -0.39 is 29.2 Å². The van der Waals surface area contributed by atoms with E-state index in [2.05, 4.69) is 15.6 Å². The van der Waals surface area contributed by atoms with Crippen LogP contribution in [0.2, 0.25) is 10.0 Å². The number of nitrogens with zero attached hydrogens (tertiary/aromatic N) is 2. The SMILES string of the molecule is CC(C)(C)OC(=O)NCc1ccc(Cl)cc1CNC(=O)[C@@H]1CCCN1C(=O)C1(O)c2cc(Cl)ccc2-c2ncccc21. The Morgan fingerprint density at radius 1 is 1.02 bits per heavy atom. The molecule has 5 rings (SSSR count). The smallest absolute Gasteiger partial charge is 0.407 e. The summed E-state index contributed by atoms with van der Waals surface area (Å²) in [6.45, 7) is 5.95. The van der Waals surface area contributed by atoms with Gasteiger partial charge in [-0.25, -0.2) is 4.79 Å². The maximum atomic E-state index is 14.1. The van der Waals surface area contributed by atoms with E-state index in [1.165, 1.54) is 4.90 Å². The third-order valence-electron chi connectivity index (χ3n) is 7.39. The number of rotatable bonds is 6. The maximum Gasteiger partial charge on any atom is 0.407 e. The second kappa shape index (κ2) is 11.6. The number of hydrogen-bond acceptors (Lipinski definition) is 6. The number of aromatic nitrogens is 1. The summed E-state index contributed by atoms with van der Waals surface area (Å²) in [7, 11) is 0. The first-order valence-electron chi connectivity index (χ1n) is 13.7. The van der Waals surface area contributed by atoms with Crippen LogP contribution in [0.1, 0.15) is 55.9 Å². The number of likely N-dealkylation sites (tertiary alicyclic amines) is 1. The molecule has 2 heterocycles. The van der Waals surface area contributed by atoms with Crippen molar-refractivity contribution in [3.63, 3.8) is 0 Å². The summed E-state index contributed by atoms with van der Waals surface area (Å²) >= 11 is 12.5. The van der Waals surface area contributed by atoms with E-state index in [-0.39, 0.29) is 19.0 Å². The van der Waals surface area contributed by atoms with Crippen LogP contribution in [-0.2, 0) is 33.0 Å². The molecule has 42 heavy (non-hydrogen) atoms. The van der Waals surface area contributed by atoms with Gasteiger partial charge in [-0.1, -0.05) is 41.4 Å². The number of carbonyl (C=O) groups excluding carboxylic acids is 3. The average Bonchev–Trinajstić information content (AvgIpc) is 3.52. The summed E-state index contributed by atoms with van der Waals surface area (Å²) in [5.74, 6) is -0.952. The third-order valence-corrected chi connectivity index (χ3v) is 7.86. The number of fused-ring (bicyclic) bond motifs is 3. The minimum Gasteiger partial charge on any atom is -0.444 e. The highest BCUT2D eigenvalue weighted by atomic mass is 35.5. The van der Waals surface area contributed by atoms with Gasteiger partial charge in [0.1, 0.15) is 11.6 Å². The van der Waals surface area contributed by atoms with Crippen LogP contribution in [0.15, 0.2) is 54.7 Å². The van der Waals surface area contributed by atoms with Crippen LogP contribution in [-0.4, -0.2) is 51.1 Å². The van der Waals surface area contributed by atoms with E-state index in [0.29, 0.717) is 57.4 Å². The number of pyridine rings is 1.